The quantitative estimate of drug-likeness (QED) is 0.855. The van der Waals surface area contributed by atoms with Crippen molar-refractivity contribution >= 4 is 28.9 Å². The van der Waals surface area contributed by atoms with Crippen molar-refractivity contribution in [2.45, 2.75) is 0 Å². The molecule has 72 valence electrons. The van der Waals surface area contributed by atoms with E-state index in [4.69, 9.17) is 21.1 Å². The summed E-state index contributed by atoms with van der Waals surface area (Å²) in [6.45, 7) is 0. The van der Waals surface area contributed by atoms with Crippen LogP contribution in [0.1, 0.15) is 10.7 Å². The standard InChI is InChI=1S/C7H3ClN2O3S/c8-4-2-1-3(14-4)5-9-10-6(13-5)7(11)12/h1-2H,(H,11,12). The van der Waals surface area contributed by atoms with Crippen molar-refractivity contribution in [2.24, 2.45) is 0 Å². The summed E-state index contributed by atoms with van der Waals surface area (Å²) in [4.78, 5) is 11.1. The average molecular weight is 231 g/mol. The first-order valence-electron chi connectivity index (χ1n) is 3.49. The summed E-state index contributed by atoms with van der Waals surface area (Å²) in [7, 11) is 0. The van der Waals surface area contributed by atoms with Gasteiger partial charge < -0.3 is 9.52 Å². The number of hydrogen-bond acceptors (Lipinski definition) is 5. The Morgan fingerprint density at radius 2 is 2.29 bits per heavy atom. The summed E-state index contributed by atoms with van der Waals surface area (Å²) in [5.74, 6) is -1.50. The molecule has 0 spiro atoms. The highest BCUT2D eigenvalue weighted by molar-refractivity contribution is 7.19. The lowest BCUT2D eigenvalue weighted by molar-refractivity contribution is 0.0654. The first-order valence-corrected chi connectivity index (χ1v) is 4.69. The molecule has 0 aliphatic heterocycles. The molecule has 0 saturated heterocycles. The molecule has 2 heterocycles. The fourth-order valence-corrected chi connectivity index (χ4v) is 1.80. The Morgan fingerprint density at radius 1 is 1.50 bits per heavy atom. The van der Waals surface area contributed by atoms with Gasteiger partial charge in [-0.2, -0.15) is 0 Å². The Balaban J connectivity index is 2.38. The highest BCUT2D eigenvalue weighted by atomic mass is 35.5. The number of carboxylic acids is 1. The van der Waals surface area contributed by atoms with Crippen molar-refractivity contribution in [3.05, 3.63) is 22.4 Å². The van der Waals surface area contributed by atoms with Crippen LogP contribution in [-0.4, -0.2) is 21.3 Å². The van der Waals surface area contributed by atoms with E-state index in [0.717, 1.165) is 0 Å². The monoisotopic (exact) mass is 230 g/mol. The van der Waals surface area contributed by atoms with Crippen LogP contribution in [-0.2, 0) is 0 Å². The third-order valence-electron chi connectivity index (χ3n) is 1.39. The summed E-state index contributed by atoms with van der Waals surface area (Å²) in [6.07, 6.45) is 0. The van der Waals surface area contributed by atoms with E-state index < -0.39 is 11.9 Å². The number of hydrogen-bond donors (Lipinski definition) is 1. The molecule has 2 rings (SSSR count). The fraction of sp³-hybridized carbons (Fsp3) is 0. The van der Waals surface area contributed by atoms with E-state index in [-0.39, 0.29) is 5.89 Å². The van der Waals surface area contributed by atoms with Crippen molar-refractivity contribution < 1.29 is 14.3 Å². The number of carbonyl (C=O) groups is 1. The maximum Gasteiger partial charge on any atom is 0.393 e. The summed E-state index contributed by atoms with van der Waals surface area (Å²) in [6, 6.07) is 3.36. The summed E-state index contributed by atoms with van der Waals surface area (Å²) >= 11 is 6.93. The second-order valence-corrected chi connectivity index (χ2v) is 4.04. The maximum atomic E-state index is 10.4. The number of carboxylic acid groups (broad SMARTS) is 1. The summed E-state index contributed by atoms with van der Waals surface area (Å²) in [5.41, 5.74) is 0. The van der Waals surface area contributed by atoms with E-state index in [0.29, 0.717) is 9.21 Å². The van der Waals surface area contributed by atoms with Crippen molar-refractivity contribution in [1.29, 1.82) is 0 Å². The zero-order valence-corrected chi connectivity index (χ0v) is 8.17. The molecule has 0 saturated carbocycles. The van der Waals surface area contributed by atoms with Crippen LogP contribution in [0.3, 0.4) is 0 Å². The largest absolute Gasteiger partial charge is 0.474 e. The maximum absolute atomic E-state index is 10.4. The van der Waals surface area contributed by atoms with Gasteiger partial charge in [0, 0.05) is 0 Å². The lowest BCUT2D eigenvalue weighted by Crippen LogP contribution is -1.95. The number of rotatable bonds is 2. The molecule has 0 aromatic carbocycles. The molecular weight excluding hydrogens is 228 g/mol. The van der Waals surface area contributed by atoms with Crippen LogP contribution in [0.15, 0.2) is 16.5 Å². The summed E-state index contributed by atoms with van der Waals surface area (Å²) < 4.78 is 5.45. The lowest BCUT2D eigenvalue weighted by Gasteiger charge is -1.84. The number of nitrogens with zero attached hydrogens (tertiary/aromatic N) is 2. The zero-order chi connectivity index (χ0) is 10.1. The molecule has 2 aromatic heterocycles. The molecule has 1 N–H and O–H groups in total. The number of aromatic carboxylic acids is 1. The Labute approximate surface area is 87.0 Å². The number of halogens is 1. The molecule has 0 atom stereocenters. The van der Waals surface area contributed by atoms with E-state index in [1.54, 1.807) is 12.1 Å². The minimum absolute atomic E-state index is 0.166. The van der Waals surface area contributed by atoms with Crippen molar-refractivity contribution in [3.63, 3.8) is 0 Å². The van der Waals surface area contributed by atoms with Gasteiger partial charge in [0.15, 0.2) is 0 Å². The van der Waals surface area contributed by atoms with Crippen LogP contribution in [0.4, 0.5) is 0 Å². The van der Waals surface area contributed by atoms with Crippen LogP contribution < -0.4 is 0 Å². The Bertz CT molecular complexity index is 479. The lowest BCUT2D eigenvalue weighted by atomic mass is 10.5. The van der Waals surface area contributed by atoms with Gasteiger partial charge in [0.25, 0.3) is 5.89 Å². The fourth-order valence-electron chi connectivity index (χ4n) is 0.838. The predicted octanol–water partition coefficient (Wildman–Crippen LogP) is 2.15. The molecule has 7 heteroatoms. The van der Waals surface area contributed by atoms with Gasteiger partial charge in [0.2, 0.25) is 0 Å². The SMILES string of the molecule is O=C(O)c1nnc(-c2ccc(Cl)s2)o1. The molecule has 14 heavy (non-hydrogen) atoms. The van der Waals surface area contributed by atoms with Gasteiger partial charge >= 0.3 is 11.9 Å². The molecule has 5 nitrogen and oxygen atoms in total. The highest BCUT2D eigenvalue weighted by Gasteiger charge is 2.15. The first kappa shape index (κ1) is 9.17. The average Bonchev–Trinajstić information content (AvgIpc) is 2.70. The highest BCUT2D eigenvalue weighted by Crippen LogP contribution is 2.29. The minimum atomic E-state index is -1.24. The third-order valence-corrected chi connectivity index (χ3v) is 2.61. The van der Waals surface area contributed by atoms with E-state index in [1.807, 2.05) is 0 Å². The Hall–Kier alpha value is -1.40. The van der Waals surface area contributed by atoms with E-state index in [9.17, 15) is 4.79 Å². The minimum Gasteiger partial charge on any atom is -0.474 e. The molecule has 0 radical (unpaired) electrons. The third kappa shape index (κ3) is 1.61. The van der Waals surface area contributed by atoms with Crippen LogP contribution >= 0.6 is 22.9 Å². The van der Waals surface area contributed by atoms with Gasteiger partial charge in [0.1, 0.15) is 0 Å². The van der Waals surface area contributed by atoms with Crippen molar-refractivity contribution in [3.8, 4) is 10.8 Å². The molecule has 0 fully saturated rings. The van der Waals surface area contributed by atoms with Crippen molar-refractivity contribution in [2.75, 3.05) is 0 Å². The smallest absolute Gasteiger partial charge is 0.393 e. The van der Waals surface area contributed by atoms with E-state index in [2.05, 4.69) is 10.2 Å². The Kier molecular flexibility index (Phi) is 2.22. The zero-order valence-electron chi connectivity index (χ0n) is 6.60. The number of thiophene rings is 1. The molecule has 0 bridgehead atoms. The van der Waals surface area contributed by atoms with E-state index in [1.165, 1.54) is 11.3 Å². The topological polar surface area (TPSA) is 76.2 Å². The van der Waals surface area contributed by atoms with E-state index >= 15 is 0 Å². The van der Waals surface area contributed by atoms with Gasteiger partial charge in [-0.25, -0.2) is 4.79 Å². The second-order valence-electron chi connectivity index (χ2n) is 2.32. The van der Waals surface area contributed by atoms with Gasteiger partial charge in [-0.3, -0.25) is 0 Å². The van der Waals surface area contributed by atoms with Gasteiger partial charge in [-0.1, -0.05) is 11.6 Å². The predicted molar refractivity (Wildman–Crippen MR) is 49.6 cm³/mol. The van der Waals surface area contributed by atoms with Gasteiger partial charge in [0.05, 0.1) is 9.21 Å². The van der Waals surface area contributed by atoms with Crippen LogP contribution in [0, 0.1) is 0 Å². The molecular formula is C7H3ClN2O3S. The van der Waals surface area contributed by atoms with Crippen LogP contribution in [0.2, 0.25) is 4.34 Å². The molecule has 0 amide bonds. The normalized spacial score (nSPS) is 10.4. The van der Waals surface area contributed by atoms with Crippen LogP contribution in [0.5, 0.6) is 0 Å². The van der Waals surface area contributed by atoms with Crippen LogP contribution in [0.25, 0.3) is 10.8 Å². The first-order chi connectivity index (χ1) is 6.66. The second kappa shape index (κ2) is 3.39. The molecule has 0 unspecified atom stereocenters. The molecule has 0 aliphatic rings. The molecule has 2 aromatic rings. The van der Waals surface area contributed by atoms with Gasteiger partial charge in [-0.05, 0) is 12.1 Å². The van der Waals surface area contributed by atoms with Crippen molar-refractivity contribution in [1.82, 2.24) is 10.2 Å². The number of aromatic nitrogens is 2. The van der Waals surface area contributed by atoms with Gasteiger partial charge in [-0.15, -0.1) is 21.5 Å². The Morgan fingerprint density at radius 3 is 2.79 bits per heavy atom. The molecule has 0 aliphatic carbocycles. The summed E-state index contributed by atoms with van der Waals surface area (Å²) in [5, 5.41) is 15.5.